The second-order valence-corrected chi connectivity index (χ2v) is 3.10. The summed E-state index contributed by atoms with van der Waals surface area (Å²) in [5.74, 6) is -1.08. The van der Waals surface area contributed by atoms with Crippen molar-refractivity contribution in [1.82, 2.24) is 19.1 Å². The smallest absolute Gasteiger partial charge is 0.323 e. The summed E-state index contributed by atoms with van der Waals surface area (Å²) in [5, 5.41) is 8.57. The van der Waals surface area contributed by atoms with Crippen LogP contribution in [0, 0.1) is 0 Å². The maximum Gasteiger partial charge on any atom is 0.323 e. The van der Waals surface area contributed by atoms with E-state index in [0.29, 0.717) is 11.2 Å². The molecule has 0 spiro atoms. The Hall–Kier alpha value is -2.18. The fourth-order valence-corrected chi connectivity index (χ4v) is 1.33. The van der Waals surface area contributed by atoms with Gasteiger partial charge >= 0.3 is 5.97 Å². The van der Waals surface area contributed by atoms with E-state index in [-0.39, 0.29) is 0 Å². The van der Waals surface area contributed by atoms with Crippen LogP contribution in [0.5, 0.6) is 0 Å². The van der Waals surface area contributed by atoms with Crippen molar-refractivity contribution in [2.24, 2.45) is 7.05 Å². The number of hydrogen-bond donors (Lipinski definition) is 1. The van der Waals surface area contributed by atoms with E-state index in [0.717, 1.165) is 4.57 Å². The average Bonchev–Trinajstić information content (AvgIpc) is 2.53. The van der Waals surface area contributed by atoms with Gasteiger partial charge in [0.15, 0.2) is 11.2 Å². The molecule has 78 valence electrons. The highest BCUT2D eigenvalue weighted by molar-refractivity contribution is 5.70. The van der Waals surface area contributed by atoms with Crippen LogP contribution in [0.1, 0.15) is 0 Å². The minimum atomic E-state index is -1.08. The Kier molecular flexibility index (Phi) is 2.00. The molecule has 2 rings (SSSR count). The summed E-state index contributed by atoms with van der Waals surface area (Å²) >= 11 is 0. The van der Waals surface area contributed by atoms with Crippen LogP contribution in [0.4, 0.5) is 0 Å². The number of carboxylic acid groups (broad SMARTS) is 1. The van der Waals surface area contributed by atoms with E-state index >= 15 is 0 Å². The summed E-state index contributed by atoms with van der Waals surface area (Å²) in [6, 6.07) is 0. The lowest BCUT2D eigenvalue weighted by Gasteiger charge is -2.00. The van der Waals surface area contributed by atoms with Crippen molar-refractivity contribution in [3.8, 4) is 0 Å². The minimum Gasteiger partial charge on any atom is -0.480 e. The fraction of sp³-hybridized carbons (Fsp3) is 0.250. The van der Waals surface area contributed by atoms with Gasteiger partial charge in [0.1, 0.15) is 12.9 Å². The number of rotatable bonds is 2. The lowest BCUT2D eigenvalue weighted by atomic mass is 10.5. The summed E-state index contributed by atoms with van der Waals surface area (Å²) in [7, 11) is 1.66. The molecule has 0 fully saturated rings. The first-order chi connectivity index (χ1) is 7.09. The van der Waals surface area contributed by atoms with Gasteiger partial charge in [0.05, 0.1) is 6.33 Å². The molecular weight excluding hydrogens is 200 g/mol. The first-order valence-electron chi connectivity index (χ1n) is 4.18. The largest absolute Gasteiger partial charge is 0.480 e. The number of carbonyl (C=O) groups is 1. The van der Waals surface area contributed by atoms with Crippen LogP contribution < -0.4 is 5.56 Å². The molecule has 1 N–H and O–H groups in total. The van der Waals surface area contributed by atoms with Crippen molar-refractivity contribution in [1.29, 1.82) is 0 Å². The number of aliphatic carboxylic acids is 1. The normalized spacial score (nSPS) is 10.7. The monoisotopic (exact) mass is 208 g/mol. The highest BCUT2D eigenvalue weighted by atomic mass is 16.4. The average molecular weight is 208 g/mol. The second-order valence-electron chi connectivity index (χ2n) is 3.10. The Morgan fingerprint density at radius 1 is 1.47 bits per heavy atom. The van der Waals surface area contributed by atoms with Crippen LogP contribution in [0.2, 0.25) is 0 Å². The zero-order valence-corrected chi connectivity index (χ0v) is 7.91. The predicted molar refractivity (Wildman–Crippen MR) is 50.4 cm³/mol. The second kappa shape index (κ2) is 3.19. The van der Waals surface area contributed by atoms with Gasteiger partial charge in [-0.2, -0.15) is 0 Å². The number of hydrogen-bond acceptors (Lipinski definition) is 4. The molecular formula is C8H8N4O3. The molecule has 0 saturated carbocycles. The zero-order chi connectivity index (χ0) is 11.0. The van der Waals surface area contributed by atoms with E-state index in [9.17, 15) is 9.59 Å². The summed E-state index contributed by atoms with van der Waals surface area (Å²) < 4.78 is 2.55. The van der Waals surface area contributed by atoms with Gasteiger partial charge < -0.3 is 9.67 Å². The molecule has 2 aromatic rings. The third-order valence-corrected chi connectivity index (χ3v) is 2.01. The maximum atomic E-state index is 11.7. The number of carboxylic acids is 1. The Morgan fingerprint density at radius 2 is 2.13 bits per heavy atom. The molecule has 15 heavy (non-hydrogen) atoms. The fourth-order valence-electron chi connectivity index (χ4n) is 1.33. The molecule has 7 nitrogen and oxygen atoms in total. The maximum absolute atomic E-state index is 11.7. The van der Waals surface area contributed by atoms with Gasteiger partial charge in [-0.25, -0.2) is 9.97 Å². The molecule has 0 saturated heterocycles. The SMILES string of the molecule is Cn1cnc2ncn(CC(=O)O)c(=O)c21. The molecule has 0 unspecified atom stereocenters. The van der Waals surface area contributed by atoms with Gasteiger partial charge in [0.25, 0.3) is 5.56 Å². The highest BCUT2D eigenvalue weighted by Crippen LogP contribution is 2.01. The van der Waals surface area contributed by atoms with Crippen LogP contribution in [0.3, 0.4) is 0 Å². The van der Waals surface area contributed by atoms with E-state index in [1.165, 1.54) is 17.2 Å². The molecule has 0 radical (unpaired) electrons. The van der Waals surface area contributed by atoms with Crippen LogP contribution in [0.15, 0.2) is 17.4 Å². The van der Waals surface area contributed by atoms with Gasteiger partial charge in [-0.1, -0.05) is 0 Å². The van der Waals surface area contributed by atoms with Crippen molar-refractivity contribution < 1.29 is 9.90 Å². The molecule has 2 heterocycles. The van der Waals surface area contributed by atoms with Gasteiger partial charge in [0, 0.05) is 7.05 Å². The summed E-state index contributed by atoms with van der Waals surface area (Å²) in [6.07, 6.45) is 2.65. The van der Waals surface area contributed by atoms with E-state index in [4.69, 9.17) is 5.11 Å². The number of imidazole rings is 1. The number of nitrogens with zero attached hydrogens (tertiary/aromatic N) is 4. The molecule has 0 amide bonds. The molecule has 0 aliphatic carbocycles. The van der Waals surface area contributed by atoms with Gasteiger partial charge in [-0.3, -0.25) is 14.2 Å². The van der Waals surface area contributed by atoms with E-state index < -0.39 is 18.1 Å². The number of fused-ring (bicyclic) bond motifs is 1. The summed E-state index contributed by atoms with van der Waals surface area (Å²) in [6.45, 7) is -0.396. The predicted octanol–water partition coefficient (Wildman–Crippen LogP) is -0.785. The topological polar surface area (TPSA) is 90.0 Å². The van der Waals surface area contributed by atoms with E-state index in [2.05, 4.69) is 9.97 Å². The third-order valence-electron chi connectivity index (χ3n) is 2.01. The lowest BCUT2D eigenvalue weighted by Crippen LogP contribution is -2.25. The minimum absolute atomic E-state index is 0.304. The molecule has 0 atom stereocenters. The Labute approximate surface area is 83.6 Å². The van der Waals surface area contributed by atoms with Crippen molar-refractivity contribution >= 4 is 17.1 Å². The number of aromatic nitrogens is 4. The van der Waals surface area contributed by atoms with Gasteiger partial charge in [0.2, 0.25) is 0 Å². The van der Waals surface area contributed by atoms with E-state index in [1.54, 1.807) is 7.05 Å². The molecule has 0 aliphatic rings. The first kappa shape index (κ1) is 9.38. The molecule has 0 aliphatic heterocycles. The van der Waals surface area contributed by atoms with Gasteiger partial charge in [-0.15, -0.1) is 0 Å². The summed E-state index contributed by atoms with van der Waals surface area (Å²) in [4.78, 5) is 30.0. The van der Waals surface area contributed by atoms with Crippen molar-refractivity contribution in [3.05, 3.63) is 23.0 Å². The van der Waals surface area contributed by atoms with Crippen LogP contribution >= 0.6 is 0 Å². The molecule has 7 heteroatoms. The zero-order valence-electron chi connectivity index (χ0n) is 7.91. The molecule has 2 aromatic heterocycles. The van der Waals surface area contributed by atoms with Crippen molar-refractivity contribution in [2.75, 3.05) is 0 Å². The lowest BCUT2D eigenvalue weighted by molar-refractivity contribution is -0.137. The third kappa shape index (κ3) is 1.47. The Balaban J connectivity index is 2.69. The number of aryl methyl sites for hydroxylation is 1. The molecule has 0 bridgehead atoms. The van der Waals surface area contributed by atoms with Crippen LogP contribution in [-0.4, -0.2) is 30.2 Å². The Morgan fingerprint density at radius 3 is 2.80 bits per heavy atom. The quantitative estimate of drug-likeness (QED) is 0.698. The van der Waals surface area contributed by atoms with Crippen molar-refractivity contribution in [2.45, 2.75) is 6.54 Å². The highest BCUT2D eigenvalue weighted by Gasteiger charge is 2.10. The Bertz CT molecular complexity index is 583. The first-order valence-corrected chi connectivity index (χ1v) is 4.18. The molecule has 0 aromatic carbocycles. The van der Waals surface area contributed by atoms with Crippen LogP contribution in [0.25, 0.3) is 11.2 Å². The van der Waals surface area contributed by atoms with E-state index in [1.807, 2.05) is 0 Å². The van der Waals surface area contributed by atoms with Crippen LogP contribution in [-0.2, 0) is 18.4 Å². The van der Waals surface area contributed by atoms with Crippen molar-refractivity contribution in [3.63, 3.8) is 0 Å². The standard InChI is InChI=1S/C8H8N4O3/c1-11-3-9-7-6(11)8(15)12(4-10-7)2-5(13)14/h3-4H,2H2,1H3,(H,13,14). The summed E-state index contributed by atoms with van der Waals surface area (Å²) in [5.41, 5.74) is 0.227. The van der Waals surface area contributed by atoms with Gasteiger partial charge in [-0.05, 0) is 0 Å².